The van der Waals surface area contributed by atoms with E-state index < -0.39 is 22.0 Å². The number of anilines is 1. The highest BCUT2D eigenvalue weighted by Crippen LogP contribution is 2.29. The van der Waals surface area contributed by atoms with Crippen LogP contribution in [-0.2, 0) is 14.8 Å². The van der Waals surface area contributed by atoms with E-state index in [-0.39, 0.29) is 4.90 Å². The van der Waals surface area contributed by atoms with E-state index in [1.807, 2.05) is 0 Å². The second-order valence-electron chi connectivity index (χ2n) is 5.57. The fourth-order valence-corrected chi connectivity index (χ4v) is 3.46. The molecule has 0 saturated carbocycles. The van der Waals surface area contributed by atoms with Gasteiger partial charge in [0.25, 0.3) is 0 Å². The first-order valence-corrected chi connectivity index (χ1v) is 9.48. The van der Waals surface area contributed by atoms with Gasteiger partial charge in [-0.15, -0.1) is 0 Å². The molecule has 8 nitrogen and oxygen atoms in total. The number of amides is 1. The van der Waals surface area contributed by atoms with Gasteiger partial charge in [0, 0.05) is 6.07 Å². The van der Waals surface area contributed by atoms with E-state index >= 15 is 0 Å². The molecule has 1 unspecified atom stereocenters. The standard InChI is InChI=1S/C18H22N2O6S/c1-12(20-27(22,23)15-8-5-13(24-2)6-9-15)18(21)19-16-11-14(25-3)7-10-17(16)26-4/h5-12,20H,1-4H3,(H,19,21). The molecule has 0 saturated heterocycles. The molecule has 2 N–H and O–H groups in total. The number of ether oxygens (including phenoxy) is 3. The molecule has 0 aromatic heterocycles. The number of carbonyl (C=O) groups is 1. The normalized spacial score (nSPS) is 12.1. The Morgan fingerprint density at radius 1 is 0.926 bits per heavy atom. The topological polar surface area (TPSA) is 103 Å². The molecule has 2 rings (SSSR count). The molecule has 1 amide bonds. The zero-order valence-corrected chi connectivity index (χ0v) is 16.3. The number of benzene rings is 2. The number of rotatable bonds is 8. The van der Waals surface area contributed by atoms with Crippen molar-refractivity contribution in [2.45, 2.75) is 17.9 Å². The average molecular weight is 394 g/mol. The summed E-state index contributed by atoms with van der Waals surface area (Å²) in [7, 11) is 0.579. The minimum Gasteiger partial charge on any atom is -0.497 e. The highest BCUT2D eigenvalue weighted by Gasteiger charge is 2.23. The summed E-state index contributed by atoms with van der Waals surface area (Å²) in [5.41, 5.74) is 0.373. The SMILES string of the molecule is COc1ccc(S(=O)(=O)NC(C)C(=O)Nc2cc(OC)ccc2OC)cc1. The summed E-state index contributed by atoms with van der Waals surface area (Å²) >= 11 is 0. The molecule has 1 atom stereocenters. The van der Waals surface area contributed by atoms with Crippen molar-refractivity contribution in [2.75, 3.05) is 26.6 Å². The Morgan fingerprint density at radius 3 is 2.07 bits per heavy atom. The van der Waals surface area contributed by atoms with E-state index in [4.69, 9.17) is 14.2 Å². The molecule has 0 fully saturated rings. The maximum Gasteiger partial charge on any atom is 0.242 e. The molecule has 0 aliphatic rings. The third-order valence-electron chi connectivity index (χ3n) is 3.76. The van der Waals surface area contributed by atoms with Crippen molar-refractivity contribution >= 4 is 21.6 Å². The number of sulfonamides is 1. The summed E-state index contributed by atoms with van der Waals surface area (Å²) in [5.74, 6) is 0.940. The summed E-state index contributed by atoms with van der Waals surface area (Å²) in [6.07, 6.45) is 0. The zero-order chi connectivity index (χ0) is 20.0. The minimum absolute atomic E-state index is 0.0295. The molecule has 2 aromatic carbocycles. The van der Waals surface area contributed by atoms with Crippen LogP contribution in [0.15, 0.2) is 47.4 Å². The van der Waals surface area contributed by atoms with Gasteiger partial charge in [-0.25, -0.2) is 8.42 Å². The number of nitrogens with one attached hydrogen (secondary N) is 2. The molecule has 27 heavy (non-hydrogen) atoms. The van der Waals surface area contributed by atoms with Crippen molar-refractivity contribution in [1.82, 2.24) is 4.72 Å². The molecular formula is C18H22N2O6S. The molecule has 0 radical (unpaired) electrons. The first-order chi connectivity index (χ1) is 12.8. The minimum atomic E-state index is -3.87. The summed E-state index contributed by atoms with van der Waals surface area (Å²) in [6.45, 7) is 1.45. The van der Waals surface area contributed by atoms with Crippen molar-refractivity contribution in [1.29, 1.82) is 0 Å². The second kappa shape index (κ2) is 8.74. The van der Waals surface area contributed by atoms with Gasteiger partial charge in [0.1, 0.15) is 17.2 Å². The predicted octanol–water partition coefficient (Wildman–Crippen LogP) is 2.02. The third-order valence-corrected chi connectivity index (χ3v) is 5.32. The van der Waals surface area contributed by atoms with Gasteiger partial charge in [0.05, 0.1) is 38.0 Å². The largest absolute Gasteiger partial charge is 0.497 e. The fraction of sp³-hybridized carbons (Fsp3) is 0.278. The lowest BCUT2D eigenvalue weighted by Gasteiger charge is -2.16. The monoisotopic (exact) mass is 394 g/mol. The number of hydrogen-bond acceptors (Lipinski definition) is 6. The van der Waals surface area contributed by atoms with Gasteiger partial charge in [-0.2, -0.15) is 4.72 Å². The zero-order valence-electron chi connectivity index (χ0n) is 15.5. The molecular weight excluding hydrogens is 372 g/mol. The fourth-order valence-electron chi connectivity index (χ4n) is 2.26. The lowest BCUT2D eigenvalue weighted by molar-refractivity contribution is -0.117. The smallest absolute Gasteiger partial charge is 0.242 e. The quantitative estimate of drug-likeness (QED) is 0.710. The van der Waals surface area contributed by atoms with Crippen LogP contribution in [0.25, 0.3) is 0 Å². The molecule has 0 aliphatic carbocycles. The Balaban J connectivity index is 2.13. The second-order valence-corrected chi connectivity index (χ2v) is 7.29. The Hall–Kier alpha value is -2.78. The summed E-state index contributed by atoms with van der Waals surface area (Å²) < 4.78 is 42.6. The first-order valence-electron chi connectivity index (χ1n) is 8.00. The molecule has 9 heteroatoms. The molecule has 146 valence electrons. The Labute approximate surface area is 158 Å². The van der Waals surface area contributed by atoms with Crippen LogP contribution in [0.5, 0.6) is 17.2 Å². The number of carbonyl (C=O) groups excluding carboxylic acids is 1. The van der Waals surface area contributed by atoms with Crippen LogP contribution in [0.3, 0.4) is 0 Å². The van der Waals surface area contributed by atoms with Crippen molar-refractivity contribution in [3.05, 3.63) is 42.5 Å². The lowest BCUT2D eigenvalue weighted by Crippen LogP contribution is -2.41. The predicted molar refractivity (Wildman–Crippen MR) is 101 cm³/mol. The Bertz CT molecular complexity index is 897. The third kappa shape index (κ3) is 5.11. The van der Waals surface area contributed by atoms with Crippen LogP contribution in [0.4, 0.5) is 5.69 Å². The van der Waals surface area contributed by atoms with Crippen molar-refractivity contribution in [3.8, 4) is 17.2 Å². The number of hydrogen-bond donors (Lipinski definition) is 2. The lowest BCUT2D eigenvalue weighted by atomic mass is 10.2. The van der Waals surface area contributed by atoms with Gasteiger partial charge in [-0.1, -0.05) is 0 Å². The molecule has 0 aliphatic heterocycles. The van der Waals surface area contributed by atoms with E-state index in [9.17, 15) is 13.2 Å². The van der Waals surface area contributed by atoms with Crippen LogP contribution >= 0.6 is 0 Å². The summed E-state index contributed by atoms with van der Waals surface area (Å²) in [5, 5.41) is 2.64. The Kier molecular flexibility index (Phi) is 6.65. The molecule has 2 aromatic rings. The van der Waals surface area contributed by atoms with Gasteiger partial charge in [0.15, 0.2) is 0 Å². The molecule has 0 spiro atoms. The van der Waals surface area contributed by atoms with Gasteiger partial charge in [0.2, 0.25) is 15.9 Å². The van der Waals surface area contributed by atoms with Crippen LogP contribution in [0, 0.1) is 0 Å². The van der Waals surface area contributed by atoms with E-state index in [0.29, 0.717) is 22.9 Å². The van der Waals surface area contributed by atoms with Gasteiger partial charge in [-0.3, -0.25) is 4.79 Å². The van der Waals surface area contributed by atoms with E-state index in [1.165, 1.54) is 52.5 Å². The maximum atomic E-state index is 12.4. The highest BCUT2D eigenvalue weighted by molar-refractivity contribution is 7.89. The van der Waals surface area contributed by atoms with Crippen LogP contribution in [-0.4, -0.2) is 41.7 Å². The van der Waals surface area contributed by atoms with Crippen molar-refractivity contribution in [2.24, 2.45) is 0 Å². The van der Waals surface area contributed by atoms with Gasteiger partial charge >= 0.3 is 0 Å². The maximum absolute atomic E-state index is 12.4. The van der Waals surface area contributed by atoms with Crippen molar-refractivity contribution < 1.29 is 27.4 Å². The molecule has 0 bridgehead atoms. The van der Waals surface area contributed by atoms with Gasteiger partial charge in [-0.05, 0) is 43.3 Å². The summed E-state index contributed by atoms with van der Waals surface area (Å²) in [4.78, 5) is 12.5. The summed E-state index contributed by atoms with van der Waals surface area (Å²) in [6, 6.07) is 9.74. The van der Waals surface area contributed by atoms with Crippen LogP contribution in [0.2, 0.25) is 0 Å². The first kappa shape index (κ1) is 20.5. The van der Waals surface area contributed by atoms with E-state index in [2.05, 4.69) is 10.0 Å². The van der Waals surface area contributed by atoms with E-state index in [1.54, 1.807) is 18.2 Å². The van der Waals surface area contributed by atoms with Crippen LogP contribution < -0.4 is 24.2 Å². The van der Waals surface area contributed by atoms with Crippen LogP contribution in [0.1, 0.15) is 6.92 Å². The van der Waals surface area contributed by atoms with Crippen molar-refractivity contribution in [3.63, 3.8) is 0 Å². The Morgan fingerprint density at radius 2 is 1.52 bits per heavy atom. The highest BCUT2D eigenvalue weighted by atomic mass is 32.2. The average Bonchev–Trinajstić information content (AvgIpc) is 2.67. The number of methoxy groups -OCH3 is 3. The van der Waals surface area contributed by atoms with Gasteiger partial charge < -0.3 is 19.5 Å². The van der Waals surface area contributed by atoms with E-state index in [0.717, 1.165) is 0 Å². The molecule has 0 heterocycles.